The normalized spacial score (nSPS) is 13.6. The van der Waals surface area contributed by atoms with E-state index < -0.39 is 0 Å². The second-order valence-electron chi connectivity index (χ2n) is 5.68. The van der Waals surface area contributed by atoms with E-state index >= 15 is 0 Å². The maximum atomic E-state index is 2.31. The molecule has 0 aromatic carbocycles. The summed E-state index contributed by atoms with van der Waals surface area (Å²) in [7, 11) is 6.76. The molecule has 0 aliphatic rings. The number of hydrogen-bond acceptors (Lipinski definition) is 0. The van der Waals surface area contributed by atoms with Crippen LogP contribution in [0.4, 0.5) is 0 Å². The van der Waals surface area contributed by atoms with Crippen molar-refractivity contribution < 1.29 is 4.48 Å². The summed E-state index contributed by atoms with van der Waals surface area (Å²) in [5, 5.41) is 0. The van der Waals surface area contributed by atoms with E-state index in [4.69, 9.17) is 0 Å². The van der Waals surface area contributed by atoms with Crippen molar-refractivity contribution >= 4 is 0 Å². The Morgan fingerprint density at radius 1 is 1.00 bits per heavy atom. The largest absolute Gasteiger partial charge is 0.331 e. The molecule has 0 unspecified atom stereocenters. The van der Waals surface area contributed by atoms with Crippen molar-refractivity contribution in [3.63, 3.8) is 0 Å². The van der Waals surface area contributed by atoms with Gasteiger partial charge >= 0.3 is 0 Å². The zero-order valence-corrected chi connectivity index (χ0v) is 9.07. The molecule has 0 bridgehead atoms. The van der Waals surface area contributed by atoms with Gasteiger partial charge in [-0.05, 0) is 18.3 Å². The molecule has 0 atom stereocenters. The number of rotatable bonds is 3. The lowest BCUT2D eigenvalue weighted by atomic mass is 9.90. The topological polar surface area (TPSA) is 0 Å². The molecule has 0 aromatic heterocycles. The molecule has 11 heavy (non-hydrogen) atoms. The zero-order chi connectivity index (χ0) is 9.12. The van der Waals surface area contributed by atoms with Crippen LogP contribution in [0.15, 0.2) is 0 Å². The highest BCUT2D eigenvalue weighted by atomic mass is 15.3. The van der Waals surface area contributed by atoms with Crippen LogP contribution < -0.4 is 0 Å². The SMILES string of the molecule is CC(C)(C)CCC[N+](C)(C)C. The molecule has 0 saturated carbocycles. The summed E-state index contributed by atoms with van der Waals surface area (Å²) in [6.45, 7) is 8.21. The van der Waals surface area contributed by atoms with E-state index in [0.717, 1.165) is 4.48 Å². The lowest BCUT2D eigenvalue weighted by Crippen LogP contribution is -2.35. The quantitative estimate of drug-likeness (QED) is 0.554. The van der Waals surface area contributed by atoms with Crippen molar-refractivity contribution in [2.45, 2.75) is 33.6 Å². The van der Waals surface area contributed by atoms with Gasteiger partial charge in [-0.1, -0.05) is 20.8 Å². The monoisotopic (exact) mass is 158 g/mol. The van der Waals surface area contributed by atoms with Crippen LogP contribution in [0.2, 0.25) is 0 Å². The van der Waals surface area contributed by atoms with Crippen LogP contribution in [0, 0.1) is 5.41 Å². The second kappa shape index (κ2) is 3.57. The van der Waals surface area contributed by atoms with Crippen LogP contribution in [0.5, 0.6) is 0 Å². The molecule has 0 aromatic rings. The van der Waals surface area contributed by atoms with Gasteiger partial charge in [0.25, 0.3) is 0 Å². The maximum Gasteiger partial charge on any atom is 0.0780 e. The third kappa shape index (κ3) is 9.96. The molecule has 0 saturated heterocycles. The molecule has 1 nitrogen and oxygen atoms in total. The number of nitrogens with zero attached hydrogens (tertiary/aromatic N) is 1. The molecule has 0 rings (SSSR count). The second-order valence-corrected chi connectivity index (χ2v) is 5.68. The fourth-order valence-electron chi connectivity index (χ4n) is 1.08. The minimum atomic E-state index is 0.509. The van der Waals surface area contributed by atoms with Crippen molar-refractivity contribution in [3.05, 3.63) is 0 Å². The van der Waals surface area contributed by atoms with E-state index in [1.54, 1.807) is 0 Å². The minimum Gasteiger partial charge on any atom is -0.331 e. The third-order valence-corrected chi connectivity index (χ3v) is 1.76. The van der Waals surface area contributed by atoms with Gasteiger partial charge in [0, 0.05) is 0 Å². The molecule has 0 fully saturated rings. The number of hydrogen-bond donors (Lipinski definition) is 0. The van der Waals surface area contributed by atoms with Crippen LogP contribution in [-0.4, -0.2) is 32.2 Å². The Labute approximate surface area is 72.0 Å². The Kier molecular flexibility index (Phi) is 3.56. The summed E-state index contributed by atoms with van der Waals surface area (Å²) < 4.78 is 1.09. The fourth-order valence-corrected chi connectivity index (χ4v) is 1.08. The van der Waals surface area contributed by atoms with Gasteiger partial charge in [0.15, 0.2) is 0 Å². The average Bonchev–Trinajstić information content (AvgIpc) is 1.55. The first-order chi connectivity index (χ1) is 4.71. The van der Waals surface area contributed by atoms with Gasteiger partial charge in [-0.3, -0.25) is 0 Å². The Bertz CT molecular complexity index is 89.0. The van der Waals surface area contributed by atoms with Crippen molar-refractivity contribution in [1.82, 2.24) is 0 Å². The predicted octanol–water partition coefficient (Wildman–Crippen LogP) is 2.52. The predicted molar refractivity (Wildman–Crippen MR) is 51.6 cm³/mol. The summed E-state index contributed by atoms with van der Waals surface area (Å²) in [5.74, 6) is 0. The van der Waals surface area contributed by atoms with Crippen molar-refractivity contribution in [2.24, 2.45) is 5.41 Å². The third-order valence-electron chi connectivity index (χ3n) is 1.76. The molecular formula is C10H24N+. The maximum absolute atomic E-state index is 2.31. The van der Waals surface area contributed by atoms with Gasteiger partial charge in [-0.25, -0.2) is 0 Å². The highest BCUT2D eigenvalue weighted by Gasteiger charge is 2.12. The molecule has 0 N–H and O–H groups in total. The summed E-state index contributed by atoms with van der Waals surface area (Å²) in [6, 6.07) is 0. The first-order valence-corrected chi connectivity index (χ1v) is 4.51. The van der Waals surface area contributed by atoms with Gasteiger partial charge in [-0.2, -0.15) is 0 Å². The van der Waals surface area contributed by atoms with Crippen LogP contribution in [-0.2, 0) is 0 Å². The lowest BCUT2D eigenvalue weighted by Gasteiger charge is -2.26. The molecule has 0 spiro atoms. The van der Waals surface area contributed by atoms with Crippen LogP contribution in [0.25, 0.3) is 0 Å². The van der Waals surface area contributed by atoms with E-state index in [1.165, 1.54) is 19.4 Å². The minimum absolute atomic E-state index is 0.509. The van der Waals surface area contributed by atoms with E-state index in [2.05, 4.69) is 41.9 Å². The van der Waals surface area contributed by atoms with Crippen LogP contribution in [0.1, 0.15) is 33.6 Å². The Morgan fingerprint density at radius 2 is 1.45 bits per heavy atom. The molecular weight excluding hydrogens is 134 g/mol. The van der Waals surface area contributed by atoms with E-state index in [1.807, 2.05) is 0 Å². The molecule has 0 radical (unpaired) electrons. The summed E-state index contributed by atoms with van der Waals surface area (Å²) in [6.07, 6.45) is 2.68. The van der Waals surface area contributed by atoms with Gasteiger partial charge in [0.1, 0.15) is 0 Å². The van der Waals surface area contributed by atoms with Gasteiger partial charge < -0.3 is 4.48 Å². The highest BCUT2D eigenvalue weighted by molar-refractivity contribution is 4.60. The highest BCUT2D eigenvalue weighted by Crippen LogP contribution is 2.20. The van der Waals surface area contributed by atoms with E-state index in [0.29, 0.717) is 5.41 Å². The fraction of sp³-hybridized carbons (Fsp3) is 1.00. The van der Waals surface area contributed by atoms with Crippen molar-refractivity contribution in [2.75, 3.05) is 27.7 Å². The number of quaternary nitrogens is 1. The van der Waals surface area contributed by atoms with Gasteiger partial charge in [-0.15, -0.1) is 0 Å². The van der Waals surface area contributed by atoms with Gasteiger partial charge in [0.05, 0.1) is 27.7 Å². The van der Waals surface area contributed by atoms with Gasteiger partial charge in [0.2, 0.25) is 0 Å². The molecule has 0 heterocycles. The van der Waals surface area contributed by atoms with Crippen molar-refractivity contribution in [3.8, 4) is 0 Å². The standard InChI is InChI=1S/C10H24N/c1-10(2,3)8-7-9-11(4,5)6/h7-9H2,1-6H3/q+1. The molecule has 0 aliphatic carbocycles. The summed E-state index contributed by atoms with van der Waals surface area (Å²) >= 11 is 0. The summed E-state index contributed by atoms with van der Waals surface area (Å²) in [5.41, 5.74) is 0.509. The Balaban J connectivity index is 3.44. The molecule has 1 heteroatoms. The van der Waals surface area contributed by atoms with E-state index in [9.17, 15) is 0 Å². The lowest BCUT2D eigenvalue weighted by molar-refractivity contribution is -0.870. The molecule has 0 aliphatic heterocycles. The molecule has 0 amide bonds. The van der Waals surface area contributed by atoms with E-state index in [-0.39, 0.29) is 0 Å². The van der Waals surface area contributed by atoms with Crippen molar-refractivity contribution in [1.29, 1.82) is 0 Å². The average molecular weight is 158 g/mol. The first kappa shape index (κ1) is 11.0. The smallest absolute Gasteiger partial charge is 0.0780 e. The Hall–Kier alpha value is -0.0400. The zero-order valence-electron chi connectivity index (χ0n) is 9.07. The summed E-state index contributed by atoms with van der Waals surface area (Å²) in [4.78, 5) is 0. The van der Waals surface area contributed by atoms with Crippen LogP contribution >= 0.6 is 0 Å². The van der Waals surface area contributed by atoms with Crippen LogP contribution in [0.3, 0.4) is 0 Å². The molecule has 68 valence electrons. The Morgan fingerprint density at radius 3 is 1.73 bits per heavy atom. The first-order valence-electron chi connectivity index (χ1n) is 4.51.